The van der Waals surface area contributed by atoms with E-state index in [4.69, 9.17) is 56.8 Å². The van der Waals surface area contributed by atoms with Crippen molar-refractivity contribution >= 4 is 0 Å². The summed E-state index contributed by atoms with van der Waals surface area (Å²) in [5, 5.41) is 43.4. The maximum Gasteiger partial charge on any atom is 0.187 e. The smallest absolute Gasteiger partial charge is 0.187 e. The number of hydrogen-bond donors (Lipinski definition) is 4. The number of methoxy groups -OCH3 is 5. The van der Waals surface area contributed by atoms with Gasteiger partial charge in [0.05, 0.1) is 30.5 Å². The highest BCUT2D eigenvalue weighted by Gasteiger charge is 2.54. The van der Waals surface area contributed by atoms with Gasteiger partial charge in [-0.05, 0) is 27.7 Å². The van der Waals surface area contributed by atoms with Gasteiger partial charge in [0.1, 0.15) is 61.0 Å². The molecule has 0 aliphatic carbocycles. The minimum absolute atomic E-state index is 0.106. The summed E-state index contributed by atoms with van der Waals surface area (Å²) in [5.74, 6) is 0. The van der Waals surface area contributed by atoms with Crippen LogP contribution >= 0.6 is 0 Å². The Kier molecular flexibility index (Phi) is 13.4. The molecule has 0 radical (unpaired) electrons. The monoisotopic (exact) mass is 656 g/mol. The summed E-state index contributed by atoms with van der Waals surface area (Å²) in [7, 11) is 7.24. The lowest BCUT2D eigenvalue weighted by atomic mass is 9.96. The van der Waals surface area contributed by atoms with Crippen LogP contribution in [0.25, 0.3) is 0 Å². The average Bonchev–Trinajstić information content (AvgIpc) is 2.98. The fourth-order valence-corrected chi connectivity index (χ4v) is 6.66. The van der Waals surface area contributed by atoms with Gasteiger partial charge in [-0.25, -0.2) is 0 Å². The summed E-state index contributed by atoms with van der Waals surface area (Å²) in [4.78, 5) is 0. The molecule has 0 saturated carbocycles. The first-order chi connectivity index (χ1) is 21.4. The topological polar surface area (TPSA) is 192 Å². The largest absolute Gasteiger partial charge is 0.390 e. The van der Waals surface area contributed by atoms with Crippen LogP contribution in [-0.4, -0.2) is 173 Å². The van der Waals surface area contributed by atoms with Crippen LogP contribution in [0.1, 0.15) is 34.1 Å². The molecule has 16 heteroatoms. The van der Waals surface area contributed by atoms with Crippen LogP contribution in [0.3, 0.4) is 0 Å². The average molecular weight is 657 g/mol. The Morgan fingerprint density at radius 1 is 0.444 bits per heavy atom. The van der Waals surface area contributed by atoms with Crippen molar-refractivity contribution in [2.75, 3.05) is 35.5 Å². The second-order valence-electron chi connectivity index (χ2n) is 12.0. The minimum atomic E-state index is -1.29. The van der Waals surface area contributed by atoms with E-state index in [9.17, 15) is 20.4 Å². The Bertz CT molecular complexity index is 872. The molecule has 4 N–H and O–H groups in total. The quantitative estimate of drug-likeness (QED) is 0.204. The van der Waals surface area contributed by atoms with Crippen molar-refractivity contribution in [3.63, 3.8) is 0 Å². The highest BCUT2D eigenvalue weighted by atomic mass is 16.8. The third-order valence-electron chi connectivity index (χ3n) is 9.16. The second-order valence-corrected chi connectivity index (χ2v) is 12.0. The van der Waals surface area contributed by atoms with Gasteiger partial charge < -0.3 is 77.3 Å². The molecule has 1 unspecified atom stereocenters. The molecule has 4 fully saturated rings. The van der Waals surface area contributed by atoms with Crippen LogP contribution in [0, 0.1) is 0 Å². The Morgan fingerprint density at radius 2 is 0.889 bits per heavy atom. The van der Waals surface area contributed by atoms with Gasteiger partial charge in [-0.1, -0.05) is 0 Å². The lowest BCUT2D eigenvalue weighted by Gasteiger charge is -2.50. The van der Waals surface area contributed by atoms with Gasteiger partial charge in [0.15, 0.2) is 25.2 Å². The zero-order chi connectivity index (χ0) is 33.2. The highest BCUT2D eigenvalue weighted by Crippen LogP contribution is 2.36. The van der Waals surface area contributed by atoms with Crippen LogP contribution in [0.4, 0.5) is 0 Å². The summed E-state index contributed by atoms with van der Waals surface area (Å²) >= 11 is 0. The van der Waals surface area contributed by atoms with Gasteiger partial charge in [0.2, 0.25) is 0 Å². The molecule has 0 spiro atoms. The number of rotatable bonds is 11. The predicted molar refractivity (Wildman–Crippen MR) is 151 cm³/mol. The van der Waals surface area contributed by atoms with E-state index >= 15 is 0 Å². The maximum absolute atomic E-state index is 11.3. The zero-order valence-corrected chi connectivity index (χ0v) is 27.4. The van der Waals surface area contributed by atoms with E-state index in [2.05, 4.69) is 0 Å². The van der Waals surface area contributed by atoms with E-state index in [1.165, 1.54) is 35.5 Å². The van der Waals surface area contributed by atoms with Gasteiger partial charge in [0.25, 0.3) is 0 Å². The van der Waals surface area contributed by atoms with E-state index < -0.39 is 117 Å². The first kappa shape index (κ1) is 37.2. The summed E-state index contributed by atoms with van der Waals surface area (Å²) in [6, 6.07) is 0. The Balaban J connectivity index is 1.54. The fourth-order valence-electron chi connectivity index (χ4n) is 6.66. The molecule has 16 nitrogen and oxygen atoms in total. The molecule has 4 heterocycles. The van der Waals surface area contributed by atoms with Crippen LogP contribution in [-0.2, 0) is 56.8 Å². The third kappa shape index (κ3) is 7.83. The van der Waals surface area contributed by atoms with Crippen LogP contribution < -0.4 is 0 Å². The highest BCUT2D eigenvalue weighted by molar-refractivity contribution is 4.97. The van der Waals surface area contributed by atoms with Crippen molar-refractivity contribution in [1.82, 2.24) is 0 Å². The zero-order valence-electron chi connectivity index (χ0n) is 27.4. The lowest BCUT2D eigenvalue weighted by Crippen LogP contribution is -2.66. The fraction of sp³-hybridized carbons (Fsp3) is 1.00. The Hall–Kier alpha value is -0.640. The molecule has 4 aliphatic rings. The first-order valence-corrected chi connectivity index (χ1v) is 15.3. The molecule has 0 amide bonds. The van der Waals surface area contributed by atoms with Gasteiger partial charge in [0, 0.05) is 42.0 Å². The molecule has 4 aliphatic heterocycles. The van der Waals surface area contributed by atoms with E-state index in [0.717, 1.165) is 0 Å². The summed E-state index contributed by atoms with van der Waals surface area (Å²) in [6.45, 7) is 6.81. The summed E-state index contributed by atoms with van der Waals surface area (Å²) in [6.07, 6.45) is -17.1. The van der Waals surface area contributed by atoms with Crippen molar-refractivity contribution in [2.24, 2.45) is 0 Å². The molecular weight excluding hydrogens is 604 g/mol. The standard InChI is InChI=1S/C29H52O16/c1-11-17(31)21(43-16-10-15(30)19(34-5)13(3)39-16)25(37-8)28(41-11)44-22-18(32)12(2)42-29(26(22)38-9)45-23-20(35-6)14(4)40-27(33)24(23)36-7/h11-33H,10H2,1-9H3/t11-,12-,13+,14-,15+,16+,17+,18-,19+,20-,21+,22+,23+,24+,25-,26+,27?,28-,29-/m0/s1. The van der Waals surface area contributed by atoms with E-state index in [1.54, 1.807) is 27.7 Å². The summed E-state index contributed by atoms with van der Waals surface area (Å²) in [5.41, 5.74) is 0. The molecule has 0 aromatic heterocycles. The second kappa shape index (κ2) is 16.2. The molecule has 19 atom stereocenters. The molecule has 264 valence electrons. The molecule has 0 bridgehead atoms. The van der Waals surface area contributed by atoms with Gasteiger partial charge in [-0.3, -0.25) is 0 Å². The van der Waals surface area contributed by atoms with Crippen molar-refractivity contribution < 1.29 is 77.3 Å². The molecule has 0 aromatic carbocycles. The van der Waals surface area contributed by atoms with Gasteiger partial charge in [-0.2, -0.15) is 0 Å². The number of ether oxygens (including phenoxy) is 12. The van der Waals surface area contributed by atoms with E-state index in [-0.39, 0.29) is 6.42 Å². The van der Waals surface area contributed by atoms with Crippen molar-refractivity contribution in [1.29, 1.82) is 0 Å². The van der Waals surface area contributed by atoms with Gasteiger partial charge in [-0.15, -0.1) is 0 Å². The Morgan fingerprint density at radius 3 is 1.36 bits per heavy atom. The van der Waals surface area contributed by atoms with Crippen molar-refractivity contribution in [3.05, 3.63) is 0 Å². The van der Waals surface area contributed by atoms with Crippen molar-refractivity contribution in [2.45, 2.75) is 151 Å². The molecular formula is C29H52O16. The molecule has 0 aromatic rings. The number of aliphatic hydroxyl groups excluding tert-OH is 4. The van der Waals surface area contributed by atoms with Crippen LogP contribution in [0.15, 0.2) is 0 Å². The predicted octanol–water partition coefficient (Wildman–Crippen LogP) is -1.34. The number of aliphatic hydroxyl groups is 4. The van der Waals surface area contributed by atoms with Crippen molar-refractivity contribution in [3.8, 4) is 0 Å². The van der Waals surface area contributed by atoms with E-state index in [0.29, 0.717) is 0 Å². The normalized spacial score (nSPS) is 51.3. The van der Waals surface area contributed by atoms with E-state index in [1.807, 2.05) is 0 Å². The van der Waals surface area contributed by atoms with Gasteiger partial charge >= 0.3 is 0 Å². The third-order valence-corrected chi connectivity index (χ3v) is 9.16. The SMILES string of the molecule is CO[C@@H]1[C@H](O[C@@H]2[C@@H](O)[C@H](C)O[C@@H](O[C@@H]3[C@@H](OC)[C@H](C)OC(O)[C@@H]3OC)[C@@H]2OC)O[C@@H](C)[C@@H](O)[C@H]1O[C@@H]1C[C@@H](O)[C@H](OC)[C@@H](C)O1. The molecule has 45 heavy (non-hydrogen) atoms. The summed E-state index contributed by atoms with van der Waals surface area (Å²) < 4.78 is 70.4. The number of hydrogen-bond acceptors (Lipinski definition) is 16. The maximum atomic E-state index is 11.3. The minimum Gasteiger partial charge on any atom is -0.390 e. The molecule has 4 rings (SSSR count). The first-order valence-electron chi connectivity index (χ1n) is 15.3. The lowest BCUT2D eigenvalue weighted by molar-refractivity contribution is -0.384. The molecule has 4 saturated heterocycles. The van der Waals surface area contributed by atoms with Crippen LogP contribution in [0.5, 0.6) is 0 Å². The Labute approximate surface area is 263 Å². The van der Waals surface area contributed by atoms with Crippen LogP contribution in [0.2, 0.25) is 0 Å².